The van der Waals surface area contributed by atoms with Gasteiger partial charge in [-0.15, -0.1) is 0 Å². The molecule has 0 atom stereocenters. The van der Waals surface area contributed by atoms with E-state index in [0.717, 1.165) is 0 Å². The van der Waals surface area contributed by atoms with Crippen LogP contribution in [0.3, 0.4) is 0 Å². The van der Waals surface area contributed by atoms with E-state index in [0.29, 0.717) is 0 Å². The van der Waals surface area contributed by atoms with E-state index >= 15 is 0 Å². The Hall–Kier alpha value is 1.16. The van der Waals surface area contributed by atoms with E-state index < -0.39 is 0 Å². The van der Waals surface area contributed by atoms with E-state index in [9.17, 15) is 0 Å². The molecule has 22 valence electrons. The van der Waals surface area contributed by atoms with Crippen molar-refractivity contribution in [3.05, 3.63) is 0 Å². The second-order valence-corrected chi connectivity index (χ2v) is 2.12. The molecule has 0 nitrogen and oxygen atoms in total. The normalized spacial score (nSPS) is 5.00. The molecule has 0 bridgehead atoms. The molecule has 0 heterocycles. The van der Waals surface area contributed by atoms with Crippen LogP contribution < -0.4 is 0 Å². The van der Waals surface area contributed by atoms with Crippen molar-refractivity contribution in [1.82, 2.24) is 0 Å². The third kappa shape index (κ3) is 10.9. The maximum absolute atomic E-state index is 2.19. The Morgan fingerprint density at radius 2 is 1.75 bits per heavy atom. The fourth-order valence-corrected chi connectivity index (χ4v) is 0. The summed E-state index contributed by atoms with van der Waals surface area (Å²) in [4.78, 5) is 0. The Morgan fingerprint density at radius 3 is 1.75 bits per heavy atom. The fraction of sp³-hybridized carbons (Fsp3) is 1.00. The Bertz CT molecular complexity index is 8.00. The van der Waals surface area contributed by atoms with Gasteiger partial charge in [0.15, 0.2) is 0 Å². The third-order valence-electron chi connectivity index (χ3n) is 0. The van der Waals surface area contributed by atoms with Crippen molar-refractivity contribution in [1.29, 1.82) is 0 Å². The molecule has 0 amide bonds. The Morgan fingerprint density at radius 1 is 1.75 bits per heavy atom. The second kappa shape index (κ2) is 8.90. The maximum atomic E-state index is 2.19. The molecule has 0 spiro atoms. The van der Waals surface area contributed by atoms with Crippen LogP contribution >= 0.6 is 0 Å². The van der Waals surface area contributed by atoms with Gasteiger partial charge in [-0.05, 0) is 10.2 Å². The fourth-order valence-electron chi connectivity index (χ4n) is 0. The first-order valence-corrected chi connectivity index (χ1v) is 2.83. The summed E-state index contributed by atoms with van der Waals surface area (Å²) in [6.07, 6.45) is 0. The van der Waals surface area contributed by atoms with Crippen molar-refractivity contribution < 1.29 is 26.2 Å². The van der Waals surface area contributed by atoms with Gasteiger partial charge in [0.2, 0.25) is 0 Å². The van der Waals surface area contributed by atoms with Gasteiger partial charge in [-0.3, -0.25) is 0 Å². The quantitative estimate of drug-likeness (QED) is 0.362. The first-order valence-electron chi connectivity index (χ1n) is 1.41. The van der Waals surface area contributed by atoms with E-state index in [1.165, 1.54) is 16.2 Å². The molecule has 0 N–H and O–H groups in total. The van der Waals surface area contributed by atoms with Gasteiger partial charge in [-0.2, -0.15) is 0 Å². The summed E-state index contributed by atoms with van der Waals surface area (Å²) in [5.74, 6) is 1.39. The van der Waals surface area contributed by atoms with E-state index in [-0.39, 0.29) is 26.2 Å². The molecule has 0 radical (unpaired) electrons. The van der Waals surface area contributed by atoms with Gasteiger partial charge in [0.25, 0.3) is 0 Å². The van der Waals surface area contributed by atoms with Crippen LogP contribution in [0.25, 0.3) is 0 Å². The van der Waals surface area contributed by atoms with Crippen LogP contribution in [0.2, 0.25) is 5.94 Å². The summed E-state index contributed by atoms with van der Waals surface area (Å²) < 4.78 is 0. The summed E-state index contributed by atoms with van der Waals surface area (Å²) >= 11 is 0. The van der Waals surface area contributed by atoms with Crippen molar-refractivity contribution in [2.75, 3.05) is 0 Å². The summed E-state index contributed by atoms with van der Waals surface area (Å²) in [6, 6.07) is 0. The minimum absolute atomic E-state index is 0. The third-order valence-corrected chi connectivity index (χ3v) is 0. The molecule has 0 saturated carbocycles. The predicted octanol–water partition coefficient (Wildman–Crippen LogP) is -1.64. The predicted molar refractivity (Wildman–Crippen MR) is 23.3 cm³/mol. The zero-order valence-electron chi connectivity index (χ0n) is 3.21. The first kappa shape index (κ1) is 8.94. The minimum Gasteiger partial charge on any atom is -0.0928 e. The molecule has 0 aromatic heterocycles. The molecule has 0 rings (SSSR count). The zero-order valence-corrected chi connectivity index (χ0v) is 7.67. The molecule has 0 aliphatic carbocycles. The standard InChI is InChI=1S/CH7BSi.Zr/c2-1-3;/h1-2H2,3H3;. The van der Waals surface area contributed by atoms with E-state index in [1.807, 2.05) is 0 Å². The van der Waals surface area contributed by atoms with Crippen LogP contribution in [-0.2, 0) is 26.2 Å². The minimum atomic E-state index is 0. The van der Waals surface area contributed by atoms with Gasteiger partial charge in [0.05, 0.1) is 7.85 Å². The van der Waals surface area contributed by atoms with Crippen molar-refractivity contribution in [2.45, 2.75) is 5.94 Å². The molecular weight excluding hydrogens is 142 g/mol. The van der Waals surface area contributed by atoms with Crippen LogP contribution in [0.15, 0.2) is 0 Å². The van der Waals surface area contributed by atoms with Gasteiger partial charge in [0.1, 0.15) is 0 Å². The Labute approximate surface area is 50.3 Å². The van der Waals surface area contributed by atoms with Crippen molar-refractivity contribution in [3.8, 4) is 0 Å². The SMILES string of the molecule is BC[SiH3].[Zr]. The molecule has 0 aromatic carbocycles. The molecule has 0 fully saturated rings. The largest absolute Gasteiger partial charge is 0.0970 e. The van der Waals surface area contributed by atoms with E-state index in [2.05, 4.69) is 7.85 Å². The maximum Gasteiger partial charge on any atom is 0.0970 e. The van der Waals surface area contributed by atoms with Gasteiger partial charge >= 0.3 is 0 Å². The first-order chi connectivity index (χ1) is 1.41. The number of hydrogen-bond acceptors (Lipinski definition) is 0. The molecule has 0 aliphatic rings. The molecular formula is CH7BSiZr. The molecule has 0 aromatic rings. The van der Waals surface area contributed by atoms with Crippen molar-refractivity contribution in [2.24, 2.45) is 0 Å². The Balaban J connectivity index is 0. The second-order valence-electron chi connectivity index (χ2n) is 0.707. The van der Waals surface area contributed by atoms with Gasteiger partial charge in [0, 0.05) is 26.2 Å². The van der Waals surface area contributed by atoms with Crippen LogP contribution in [0, 0.1) is 0 Å². The zero-order chi connectivity index (χ0) is 2.71. The molecule has 0 aliphatic heterocycles. The van der Waals surface area contributed by atoms with Gasteiger partial charge in [-0.25, -0.2) is 0 Å². The monoisotopic (exact) mass is 148 g/mol. The van der Waals surface area contributed by atoms with Gasteiger partial charge < -0.3 is 0 Å². The van der Waals surface area contributed by atoms with Crippen LogP contribution in [0.5, 0.6) is 0 Å². The summed E-state index contributed by atoms with van der Waals surface area (Å²) in [7, 11) is 3.56. The molecule has 4 heavy (non-hydrogen) atoms. The summed E-state index contributed by atoms with van der Waals surface area (Å²) in [6.45, 7) is 0. The van der Waals surface area contributed by atoms with Crippen molar-refractivity contribution >= 4 is 18.1 Å². The van der Waals surface area contributed by atoms with E-state index in [4.69, 9.17) is 0 Å². The smallest absolute Gasteiger partial charge is 0.0928 e. The Kier molecular flexibility index (Phi) is 19.9. The van der Waals surface area contributed by atoms with Crippen LogP contribution in [0.4, 0.5) is 0 Å². The molecule has 0 saturated heterocycles. The molecule has 3 heteroatoms. The topological polar surface area (TPSA) is 0 Å². The average Bonchev–Trinajstić information content (AvgIpc) is 0.918. The van der Waals surface area contributed by atoms with Crippen molar-refractivity contribution in [3.63, 3.8) is 0 Å². The van der Waals surface area contributed by atoms with Crippen LogP contribution in [-0.4, -0.2) is 18.1 Å². The number of rotatable bonds is 0. The van der Waals surface area contributed by atoms with Gasteiger partial charge in [-0.1, -0.05) is 5.94 Å². The summed E-state index contributed by atoms with van der Waals surface area (Å²) in [5, 5.41) is 0. The van der Waals surface area contributed by atoms with E-state index in [1.54, 1.807) is 0 Å². The van der Waals surface area contributed by atoms with Crippen LogP contribution in [0.1, 0.15) is 0 Å². The number of hydrogen-bond donors (Lipinski definition) is 0. The average molecular weight is 149 g/mol. The molecule has 0 unspecified atom stereocenters. The summed E-state index contributed by atoms with van der Waals surface area (Å²) in [5.41, 5.74) is 0.